The Morgan fingerprint density at radius 1 is 1.18 bits per heavy atom. The second kappa shape index (κ2) is 8.67. The van der Waals surface area contributed by atoms with Gasteiger partial charge in [0.1, 0.15) is 16.7 Å². The number of nitrogens with zero attached hydrogens (tertiary/aromatic N) is 4. The lowest BCUT2D eigenvalue weighted by Gasteiger charge is -2.29. The second-order valence-electron chi connectivity index (χ2n) is 8.67. The average molecular weight is 470 g/mol. The first-order valence-corrected chi connectivity index (χ1v) is 12.4. The lowest BCUT2D eigenvalue weighted by Crippen LogP contribution is -2.37. The summed E-state index contributed by atoms with van der Waals surface area (Å²) in [6, 6.07) is 12.3. The van der Waals surface area contributed by atoms with Gasteiger partial charge in [0.15, 0.2) is 5.82 Å². The maximum absolute atomic E-state index is 13.0. The Hall–Kier alpha value is -3.54. The number of rotatable bonds is 3. The van der Waals surface area contributed by atoms with E-state index in [1.807, 2.05) is 30.3 Å². The highest BCUT2D eigenvalue weighted by Gasteiger charge is 2.21. The molecular formula is C26H23N5O2S. The van der Waals surface area contributed by atoms with Crippen molar-refractivity contribution in [3.8, 4) is 6.07 Å². The summed E-state index contributed by atoms with van der Waals surface area (Å²) in [7, 11) is 0. The fourth-order valence-corrected chi connectivity index (χ4v) is 6.12. The number of aromatic amines is 1. The lowest BCUT2D eigenvalue weighted by molar-refractivity contribution is 0.122. The van der Waals surface area contributed by atoms with E-state index in [1.54, 1.807) is 17.4 Å². The first kappa shape index (κ1) is 21.0. The van der Waals surface area contributed by atoms with E-state index in [1.165, 1.54) is 4.88 Å². The number of ether oxygens (including phenoxy) is 1. The van der Waals surface area contributed by atoms with Crippen molar-refractivity contribution in [3.05, 3.63) is 62.5 Å². The van der Waals surface area contributed by atoms with Crippen molar-refractivity contribution in [3.63, 3.8) is 0 Å². The normalized spacial score (nSPS) is 16.6. The molecule has 1 aromatic carbocycles. The van der Waals surface area contributed by atoms with Gasteiger partial charge in [0.2, 0.25) is 0 Å². The van der Waals surface area contributed by atoms with Crippen LogP contribution in [0.4, 0.5) is 5.82 Å². The standard InChI is InChI=1S/C26H23N5O2S/c27-15-18(23-29-25(32)22-19-6-2-4-8-21(19)34-26(22)30-23)14-17-13-16-5-1-3-7-20(16)28-24(17)31-9-11-33-12-10-31/h1,3,5,7,13-14H,2,4,6,8-12H2,(H,29,30,32). The largest absolute Gasteiger partial charge is 0.378 e. The molecule has 0 radical (unpaired) electrons. The van der Waals surface area contributed by atoms with Gasteiger partial charge in [-0.05, 0) is 49.5 Å². The van der Waals surface area contributed by atoms with E-state index in [9.17, 15) is 10.1 Å². The molecule has 2 aliphatic rings. The molecule has 1 aliphatic carbocycles. The van der Waals surface area contributed by atoms with E-state index >= 15 is 0 Å². The van der Waals surface area contributed by atoms with Gasteiger partial charge in [-0.15, -0.1) is 11.3 Å². The molecule has 1 N–H and O–H groups in total. The summed E-state index contributed by atoms with van der Waals surface area (Å²) >= 11 is 1.59. The molecule has 3 aromatic heterocycles. The third-order valence-electron chi connectivity index (χ3n) is 6.54. The molecule has 0 unspecified atom stereocenters. The number of pyridine rings is 1. The molecule has 0 bridgehead atoms. The highest BCUT2D eigenvalue weighted by molar-refractivity contribution is 7.18. The van der Waals surface area contributed by atoms with E-state index in [4.69, 9.17) is 14.7 Å². The summed E-state index contributed by atoms with van der Waals surface area (Å²) in [6.07, 6.45) is 5.96. The number of aryl methyl sites for hydroxylation is 2. The summed E-state index contributed by atoms with van der Waals surface area (Å²) in [4.78, 5) is 29.7. The van der Waals surface area contributed by atoms with Crippen molar-refractivity contribution < 1.29 is 4.74 Å². The molecular weight excluding hydrogens is 446 g/mol. The topological polar surface area (TPSA) is 94.9 Å². The second-order valence-corrected chi connectivity index (χ2v) is 9.75. The third kappa shape index (κ3) is 3.67. The zero-order chi connectivity index (χ0) is 23.1. The summed E-state index contributed by atoms with van der Waals surface area (Å²) in [5, 5.41) is 11.7. The minimum Gasteiger partial charge on any atom is -0.378 e. The number of aromatic nitrogens is 3. The Bertz CT molecular complexity index is 1540. The van der Waals surface area contributed by atoms with Crippen LogP contribution >= 0.6 is 11.3 Å². The maximum Gasteiger partial charge on any atom is 0.260 e. The van der Waals surface area contributed by atoms with Gasteiger partial charge in [0, 0.05) is 28.9 Å². The monoisotopic (exact) mass is 469 g/mol. The lowest BCUT2D eigenvalue weighted by atomic mass is 9.97. The Morgan fingerprint density at radius 2 is 2.00 bits per heavy atom. The number of thiophene rings is 1. The molecule has 0 spiro atoms. The van der Waals surface area contributed by atoms with Gasteiger partial charge >= 0.3 is 0 Å². The molecule has 7 nitrogen and oxygen atoms in total. The van der Waals surface area contributed by atoms with E-state index in [-0.39, 0.29) is 5.56 Å². The highest BCUT2D eigenvalue weighted by Crippen LogP contribution is 2.34. The number of hydrogen-bond acceptors (Lipinski definition) is 7. The van der Waals surface area contributed by atoms with Gasteiger partial charge in [-0.2, -0.15) is 5.26 Å². The van der Waals surface area contributed by atoms with E-state index in [0.717, 1.165) is 71.5 Å². The van der Waals surface area contributed by atoms with Gasteiger partial charge < -0.3 is 14.6 Å². The van der Waals surface area contributed by atoms with Crippen molar-refractivity contribution >= 4 is 49.9 Å². The van der Waals surface area contributed by atoms with Crippen LogP contribution in [-0.2, 0) is 17.6 Å². The number of para-hydroxylation sites is 1. The van der Waals surface area contributed by atoms with Crippen LogP contribution in [-0.4, -0.2) is 41.3 Å². The van der Waals surface area contributed by atoms with Gasteiger partial charge in [-0.1, -0.05) is 18.2 Å². The molecule has 6 rings (SSSR count). The Kier molecular flexibility index (Phi) is 5.36. The van der Waals surface area contributed by atoms with Gasteiger partial charge in [0.05, 0.1) is 29.7 Å². The molecule has 0 saturated carbocycles. The quantitative estimate of drug-likeness (QED) is 0.449. The van der Waals surface area contributed by atoms with Crippen LogP contribution in [0.15, 0.2) is 35.1 Å². The Morgan fingerprint density at radius 3 is 2.85 bits per heavy atom. The zero-order valence-electron chi connectivity index (χ0n) is 18.6. The Labute approximate surface area is 200 Å². The highest BCUT2D eigenvalue weighted by atomic mass is 32.1. The first-order valence-electron chi connectivity index (χ1n) is 11.6. The molecule has 34 heavy (non-hydrogen) atoms. The van der Waals surface area contributed by atoms with Crippen LogP contribution in [0, 0.1) is 11.3 Å². The number of nitrogens with one attached hydrogen (secondary N) is 1. The van der Waals surface area contributed by atoms with Crippen LogP contribution in [0.5, 0.6) is 0 Å². The number of morpholine rings is 1. The molecule has 170 valence electrons. The van der Waals surface area contributed by atoms with E-state index in [2.05, 4.69) is 16.0 Å². The molecule has 1 aliphatic heterocycles. The predicted octanol–water partition coefficient (Wildman–Crippen LogP) is 4.31. The SMILES string of the molecule is N#CC(=Cc1cc2ccccc2nc1N1CCOCC1)c1nc2sc3c(c2c(=O)[nH]1)CCCC3. The van der Waals surface area contributed by atoms with Crippen molar-refractivity contribution in [2.45, 2.75) is 25.7 Å². The number of benzene rings is 1. The molecule has 4 aromatic rings. The van der Waals surface area contributed by atoms with Gasteiger partial charge in [-0.25, -0.2) is 9.97 Å². The fraction of sp³-hybridized carbons (Fsp3) is 0.308. The zero-order valence-corrected chi connectivity index (χ0v) is 19.5. The Balaban J connectivity index is 1.50. The number of allylic oxidation sites excluding steroid dienone is 1. The van der Waals surface area contributed by atoms with Crippen molar-refractivity contribution in [1.82, 2.24) is 15.0 Å². The summed E-state index contributed by atoms with van der Waals surface area (Å²) < 4.78 is 5.52. The maximum atomic E-state index is 13.0. The minimum absolute atomic E-state index is 0.161. The van der Waals surface area contributed by atoms with E-state index < -0.39 is 0 Å². The summed E-state index contributed by atoms with van der Waals surface area (Å²) in [5.41, 5.74) is 3.02. The molecule has 1 saturated heterocycles. The van der Waals surface area contributed by atoms with Crippen LogP contribution in [0.25, 0.3) is 32.8 Å². The third-order valence-corrected chi connectivity index (χ3v) is 7.73. The summed E-state index contributed by atoms with van der Waals surface area (Å²) in [5.74, 6) is 1.12. The molecule has 1 fully saturated rings. The molecule has 0 amide bonds. The molecule has 0 atom stereocenters. The molecule has 4 heterocycles. The van der Waals surface area contributed by atoms with Crippen molar-refractivity contribution in [2.75, 3.05) is 31.2 Å². The van der Waals surface area contributed by atoms with E-state index in [0.29, 0.717) is 30.0 Å². The first-order chi connectivity index (χ1) is 16.7. The minimum atomic E-state index is -0.161. The number of hydrogen-bond donors (Lipinski definition) is 1. The van der Waals surface area contributed by atoms with Crippen LogP contribution in [0.2, 0.25) is 0 Å². The number of H-pyrrole nitrogens is 1. The number of anilines is 1. The average Bonchev–Trinajstić information content (AvgIpc) is 3.26. The number of nitriles is 1. The van der Waals surface area contributed by atoms with Crippen molar-refractivity contribution in [2.24, 2.45) is 0 Å². The van der Waals surface area contributed by atoms with Gasteiger partial charge in [0.25, 0.3) is 5.56 Å². The predicted molar refractivity (Wildman–Crippen MR) is 135 cm³/mol. The fourth-order valence-electron chi connectivity index (χ4n) is 4.86. The van der Waals surface area contributed by atoms with Gasteiger partial charge in [-0.3, -0.25) is 4.79 Å². The smallest absolute Gasteiger partial charge is 0.260 e. The van der Waals surface area contributed by atoms with Crippen LogP contribution in [0.1, 0.15) is 34.7 Å². The van der Waals surface area contributed by atoms with Crippen molar-refractivity contribution in [1.29, 1.82) is 5.26 Å². The molecule has 8 heteroatoms. The summed E-state index contributed by atoms with van der Waals surface area (Å²) in [6.45, 7) is 2.74. The number of fused-ring (bicyclic) bond motifs is 4. The van der Waals surface area contributed by atoms with Crippen LogP contribution in [0.3, 0.4) is 0 Å². The van der Waals surface area contributed by atoms with Crippen LogP contribution < -0.4 is 10.5 Å².